The molecule has 75 heavy (non-hydrogen) atoms. The summed E-state index contributed by atoms with van der Waals surface area (Å²) in [5.41, 5.74) is 0.911. The molecule has 1 saturated heterocycles. The predicted octanol–water partition coefficient (Wildman–Crippen LogP) is 0.850. The highest BCUT2D eigenvalue weighted by molar-refractivity contribution is 7.91. The predicted molar refractivity (Wildman–Crippen MR) is 253 cm³/mol. The van der Waals surface area contributed by atoms with Crippen molar-refractivity contribution in [2.24, 2.45) is 0 Å². The minimum Gasteiger partial charge on any atom is -0.479 e. The second-order valence-electron chi connectivity index (χ2n) is 18.1. The lowest BCUT2D eigenvalue weighted by Crippen LogP contribution is -2.61. The fourth-order valence-corrected chi connectivity index (χ4v) is 9.05. The Bertz CT molecular complexity index is 3160. The van der Waals surface area contributed by atoms with Crippen LogP contribution >= 0.6 is 0 Å². The molecule has 0 unspecified atom stereocenters. The van der Waals surface area contributed by atoms with Gasteiger partial charge in [0.1, 0.15) is 72.5 Å². The van der Waals surface area contributed by atoms with Crippen molar-refractivity contribution in [3.63, 3.8) is 0 Å². The van der Waals surface area contributed by atoms with Crippen molar-refractivity contribution >= 4 is 62.8 Å². The number of sulfone groups is 1. The van der Waals surface area contributed by atoms with E-state index in [1.165, 1.54) is 36.4 Å². The van der Waals surface area contributed by atoms with Crippen molar-refractivity contribution in [3.8, 4) is 5.75 Å². The SMILES string of the molecule is CC(C)(C)OC(=O)NC[C@@H](C(=O)NCCC(=O)Nc1cc(C[n+]2ccn3cc(C(=O)NCc4ccc(S(=O)(=O)c5cc(F)cc(F)c5)cc4)ccc32)ccc1O[C@@H]1O[C@H](C(=O)O)[C@@H](O)[C@H](O)[C@H]1O)N1C(=O)C=CC1=O. The first kappa shape index (κ1) is 54.6. The van der Waals surface area contributed by atoms with Crippen molar-refractivity contribution in [1.82, 2.24) is 25.3 Å². The molecule has 1 fully saturated rings. The number of benzene rings is 3. The van der Waals surface area contributed by atoms with Crippen LogP contribution in [0.1, 0.15) is 48.7 Å². The molecule has 0 bridgehead atoms. The summed E-state index contributed by atoms with van der Waals surface area (Å²) < 4.78 is 73.1. The lowest BCUT2D eigenvalue weighted by atomic mass is 9.99. The van der Waals surface area contributed by atoms with Gasteiger partial charge in [0.25, 0.3) is 23.4 Å². The van der Waals surface area contributed by atoms with E-state index in [4.69, 9.17) is 14.2 Å². The average molecular weight is 1060 g/mol. The number of pyridine rings is 1. The Balaban J connectivity index is 1.03. The number of aliphatic hydroxyl groups excluding tert-OH is 3. The number of imidazole rings is 1. The lowest BCUT2D eigenvalue weighted by Gasteiger charge is -2.38. The summed E-state index contributed by atoms with van der Waals surface area (Å²) in [6.07, 6.45) is -4.43. The number of aromatic nitrogens is 2. The van der Waals surface area contributed by atoms with Gasteiger partial charge in [-0.3, -0.25) is 28.9 Å². The second-order valence-corrected chi connectivity index (χ2v) is 20.0. The number of alkyl carbamates (subject to hydrolysis) is 1. The van der Waals surface area contributed by atoms with E-state index in [0.717, 1.165) is 12.2 Å². The van der Waals surface area contributed by atoms with Crippen molar-refractivity contribution in [2.75, 3.05) is 18.4 Å². The molecule has 396 valence electrons. The number of nitrogens with zero attached hydrogens (tertiary/aromatic N) is 3. The Labute approximate surface area is 425 Å². The summed E-state index contributed by atoms with van der Waals surface area (Å²) in [6, 6.07) is 13.4. The summed E-state index contributed by atoms with van der Waals surface area (Å²) in [7, 11) is -4.23. The number of carboxylic acid groups (broad SMARTS) is 1. The number of anilines is 1. The maximum atomic E-state index is 13.7. The largest absolute Gasteiger partial charge is 0.479 e. The summed E-state index contributed by atoms with van der Waals surface area (Å²) in [5.74, 6) is -7.71. The molecule has 23 nitrogen and oxygen atoms in total. The van der Waals surface area contributed by atoms with Gasteiger partial charge >= 0.3 is 12.1 Å². The van der Waals surface area contributed by atoms with E-state index < -0.39 is 123 Å². The van der Waals surface area contributed by atoms with E-state index in [2.05, 4.69) is 21.3 Å². The highest BCUT2D eigenvalue weighted by Crippen LogP contribution is 2.31. The molecule has 26 heteroatoms. The number of rotatable bonds is 18. The topological polar surface area (TPSA) is 322 Å². The van der Waals surface area contributed by atoms with Gasteiger partial charge < -0.3 is 55.9 Å². The molecule has 6 atom stereocenters. The van der Waals surface area contributed by atoms with Crippen LogP contribution in [0.3, 0.4) is 0 Å². The average Bonchev–Trinajstić information content (AvgIpc) is 3.90. The highest BCUT2D eigenvalue weighted by Gasteiger charge is 2.48. The van der Waals surface area contributed by atoms with E-state index in [-0.39, 0.29) is 41.5 Å². The van der Waals surface area contributed by atoms with Crippen molar-refractivity contribution in [3.05, 3.63) is 132 Å². The van der Waals surface area contributed by atoms with E-state index in [0.29, 0.717) is 39.9 Å². The Kier molecular flexibility index (Phi) is 16.4. The molecule has 0 saturated carbocycles. The Morgan fingerprint density at radius 1 is 0.827 bits per heavy atom. The first-order valence-electron chi connectivity index (χ1n) is 22.8. The third-order valence-electron chi connectivity index (χ3n) is 11.4. The number of carboxylic acids is 1. The van der Waals surface area contributed by atoms with Crippen molar-refractivity contribution in [2.45, 2.75) is 92.4 Å². The molecule has 5 aromatic rings. The summed E-state index contributed by atoms with van der Waals surface area (Å²) in [4.78, 5) is 89.3. The zero-order valence-corrected chi connectivity index (χ0v) is 40.8. The number of amides is 6. The van der Waals surface area contributed by atoms with Gasteiger partial charge in [-0.15, -0.1) is 0 Å². The van der Waals surface area contributed by atoms with E-state index in [1.807, 2.05) is 0 Å². The summed E-state index contributed by atoms with van der Waals surface area (Å²) in [5, 5.41) is 51.1. The standard InChI is InChI=1S/C49H49F2N7O16S/c1-49(2,3)74-48(69)54-23-34(58-38(60)12-13-39(58)61)45(66)52-15-14-36(59)55-33-18-27(6-10-35(33)72-47-42(64)40(62)41(63)43(73-47)46(67)68)24-56-16-17-57-25-28(7-11-37(56)57)44(65)53-22-26-4-8-31(9-5-26)75(70,71)32-20-29(50)19-30(51)21-32/h4-13,16-21,25,34,40-43,47,62-64H,14-15,22-24H2,1-3H3,(H4-,52,53,54,55,59,65,66,67,68,69)/p+1/t34-,40-,41-,42+,43-,47+/m0/s1. The molecular formula is C49H50F2N7O16S+. The number of aliphatic carboxylic acids is 1. The molecule has 2 aliphatic heterocycles. The molecule has 4 heterocycles. The van der Waals surface area contributed by atoms with Gasteiger partial charge in [0.2, 0.25) is 27.9 Å². The van der Waals surface area contributed by atoms with E-state index in [1.54, 1.807) is 66.5 Å². The molecule has 0 aliphatic carbocycles. The van der Waals surface area contributed by atoms with Crippen LogP contribution in [0.5, 0.6) is 5.75 Å². The Morgan fingerprint density at radius 2 is 1.49 bits per heavy atom. The van der Waals surface area contributed by atoms with Gasteiger partial charge in [-0.25, -0.2) is 35.8 Å². The van der Waals surface area contributed by atoms with Crippen LogP contribution in [0, 0.1) is 11.6 Å². The zero-order valence-electron chi connectivity index (χ0n) is 40.0. The number of aliphatic hydroxyl groups is 3. The number of carbonyl (C=O) groups is 7. The van der Waals surface area contributed by atoms with Gasteiger partial charge in [-0.05, 0) is 74.4 Å². The lowest BCUT2D eigenvalue weighted by molar-refractivity contribution is -0.661. The van der Waals surface area contributed by atoms with Crippen LogP contribution in [0.25, 0.3) is 5.65 Å². The van der Waals surface area contributed by atoms with Gasteiger partial charge in [0, 0.05) is 43.8 Å². The molecule has 7 rings (SSSR count). The summed E-state index contributed by atoms with van der Waals surface area (Å²) >= 11 is 0. The second kappa shape index (κ2) is 22.5. The number of ether oxygens (including phenoxy) is 3. The zero-order chi connectivity index (χ0) is 54.5. The molecule has 0 spiro atoms. The van der Waals surface area contributed by atoms with Crippen LogP contribution in [-0.4, -0.2) is 135 Å². The van der Waals surface area contributed by atoms with Crippen LogP contribution in [-0.2, 0) is 56.4 Å². The van der Waals surface area contributed by atoms with Gasteiger partial charge in [0.15, 0.2) is 6.10 Å². The molecule has 8 N–H and O–H groups in total. The summed E-state index contributed by atoms with van der Waals surface area (Å²) in [6.45, 7) is 4.04. The van der Waals surface area contributed by atoms with Crippen molar-refractivity contribution < 1.29 is 90.0 Å². The minimum absolute atomic E-state index is 0.00423. The number of halogens is 2. The van der Waals surface area contributed by atoms with Crippen LogP contribution < -0.4 is 30.6 Å². The maximum Gasteiger partial charge on any atom is 0.407 e. The first-order valence-corrected chi connectivity index (χ1v) is 24.3. The van der Waals surface area contributed by atoms with Crippen molar-refractivity contribution in [1.29, 1.82) is 0 Å². The van der Waals surface area contributed by atoms with Gasteiger partial charge in [-0.1, -0.05) is 18.2 Å². The normalized spacial score (nSPS) is 19.1. The molecular weight excluding hydrogens is 1010 g/mol. The van der Waals surface area contributed by atoms with Crippen LogP contribution in [0.2, 0.25) is 0 Å². The number of hydrogen-bond donors (Lipinski definition) is 8. The van der Waals surface area contributed by atoms with Crippen LogP contribution in [0.15, 0.2) is 113 Å². The fourth-order valence-electron chi connectivity index (χ4n) is 7.75. The molecule has 2 aliphatic rings. The maximum absolute atomic E-state index is 13.7. The first-order chi connectivity index (χ1) is 35.4. The smallest absolute Gasteiger partial charge is 0.407 e. The number of hydrogen-bond acceptors (Lipinski definition) is 15. The van der Waals surface area contributed by atoms with Gasteiger partial charge in [0.05, 0.1) is 27.6 Å². The van der Waals surface area contributed by atoms with Gasteiger partial charge in [-0.2, -0.15) is 0 Å². The Hall–Kier alpha value is -8.17. The fraction of sp³-hybridized carbons (Fsp3) is 0.306. The Morgan fingerprint density at radius 3 is 2.15 bits per heavy atom. The highest BCUT2D eigenvalue weighted by atomic mass is 32.2. The molecule has 0 radical (unpaired) electrons. The van der Waals surface area contributed by atoms with Crippen LogP contribution in [0.4, 0.5) is 19.3 Å². The van der Waals surface area contributed by atoms with E-state index in [9.17, 15) is 71.2 Å². The third-order valence-corrected chi connectivity index (χ3v) is 13.2. The number of carbonyl (C=O) groups excluding carboxylic acids is 6. The minimum atomic E-state index is -4.23. The number of imide groups is 1. The number of fused-ring (bicyclic) bond motifs is 1. The quantitative estimate of drug-likeness (QED) is 0.0446. The third kappa shape index (κ3) is 13.1. The number of nitrogens with one attached hydrogen (secondary N) is 4. The van der Waals surface area contributed by atoms with E-state index >= 15 is 0 Å². The molecule has 3 aromatic carbocycles. The molecule has 6 amide bonds. The monoisotopic (exact) mass is 1060 g/mol. The molecule has 2 aromatic heterocycles.